The van der Waals surface area contributed by atoms with Crippen molar-refractivity contribution in [1.82, 2.24) is 19.5 Å². The molecule has 1 unspecified atom stereocenters. The number of rotatable bonds is 7. The molecule has 1 atom stereocenters. The van der Waals surface area contributed by atoms with Crippen molar-refractivity contribution in [3.8, 4) is 11.1 Å². The summed E-state index contributed by atoms with van der Waals surface area (Å²) in [4.78, 5) is 14.0. The smallest absolute Gasteiger partial charge is 0.224 e. The van der Waals surface area contributed by atoms with Crippen LogP contribution in [0, 0.1) is 0 Å². The van der Waals surface area contributed by atoms with Crippen LogP contribution in [0.4, 0.5) is 17.5 Å². The fraction of sp³-hybridized carbons (Fsp3) is 0.346. The maximum Gasteiger partial charge on any atom is 0.224 e. The largest absolute Gasteiger partial charge is 0.398 e. The van der Waals surface area contributed by atoms with E-state index >= 15 is 0 Å². The molecule has 1 aliphatic carbocycles. The third-order valence-corrected chi connectivity index (χ3v) is 6.51. The molecule has 0 radical (unpaired) electrons. The number of nitrogens with one attached hydrogen (secondary N) is 1. The average Bonchev–Trinajstić information content (AvgIpc) is 3.45. The molecule has 8 nitrogen and oxygen atoms in total. The van der Waals surface area contributed by atoms with Crippen molar-refractivity contribution in [2.24, 2.45) is 5.73 Å². The highest BCUT2D eigenvalue weighted by molar-refractivity contribution is 5.85. The summed E-state index contributed by atoms with van der Waals surface area (Å²) in [6.07, 6.45) is 5.39. The molecule has 4 aromatic rings. The van der Waals surface area contributed by atoms with Crippen molar-refractivity contribution in [2.75, 3.05) is 16.8 Å². The molecule has 1 aliphatic rings. The van der Waals surface area contributed by atoms with E-state index < -0.39 is 0 Å². The summed E-state index contributed by atoms with van der Waals surface area (Å²) < 4.78 is 2.26. The molecule has 8 heteroatoms. The summed E-state index contributed by atoms with van der Waals surface area (Å²) in [5.74, 6) is 1.86. The Kier molecular flexibility index (Phi) is 6.06. The Bertz CT molecular complexity index is 1290. The summed E-state index contributed by atoms with van der Waals surface area (Å²) in [5, 5.41) is 3.44. The number of nitrogens with zero attached hydrogens (tertiary/aromatic N) is 4. The molecule has 1 fully saturated rings. The van der Waals surface area contributed by atoms with E-state index in [2.05, 4.69) is 44.1 Å². The summed E-state index contributed by atoms with van der Waals surface area (Å²) in [6, 6.07) is 16.6. The van der Waals surface area contributed by atoms with Gasteiger partial charge in [0, 0.05) is 36.3 Å². The molecule has 0 amide bonds. The van der Waals surface area contributed by atoms with Crippen molar-refractivity contribution in [2.45, 2.75) is 57.7 Å². The van der Waals surface area contributed by atoms with Crippen molar-refractivity contribution in [1.29, 1.82) is 0 Å². The molecule has 2 aromatic carbocycles. The van der Waals surface area contributed by atoms with Crippen LogP contribution >= 0.6 is 0 Å². The average molecular weight is 457 g/mol. The summed E-state index contributed by atoms with van der Waals surface area (Å²) in [5.41, 5.74) is 24.0. The van der Waals surface area contributed by atoms with Gasteiger partial charge in [-0.15, -0.1) is 0 Å². The van der Waals surface area contributed by atoms with E-state index in [-0.39, 0.29) is 12.0 Å². The SMILES string of the molecule is CC(N)Cc1nc2c(NCc3ccc(-c4ccccc4N)cc3)nc(N)nc2n1C1CCCC1. The van der Waals surface area contributed by atoms with Gasteiger partial charge in [0.25, 0.3) is 0 Å². The number of fused-ring (bicyclic) bond motifs is 1. The van der Waals surface area contributed by atoms with Crippen molar-refractivity contribution < 1.29 is 0 Å². The van der Waals surface area contributed by atoms with Gasteiger partial charge in [0.05, 0.1) is 0 Å². The Labute approximate surface area is 199 Å². The highest BCUT2D eigenvalue weighted by Gasteiger charge is 2.25. The van der Waals surface area contributed by atoms with Crippen LogP contribution in [-0.4, -0.2) is 25.6 Å². The van der Waals surface area contributed by atoms with E-state index in [0.717, 1.165) is 52.2 Å². The molecule has 2 aromatic heterocycles. The van der Waals surface area contributed by atoms with Crippen LogP contribution in [0.5, 0.6) is 0 Å². The van der Waals surface area contributed by atoms with E-state index in [0.29, 0.717) is 24.8 Å². The van der Waals surface area contributed by atoms with Gasteiger partial charge in [-0.25, -0.2) is 4.98 Å². The zero-order valence-electron chi connectivity index (χ0n) is 19.5. The topological polar surface area (TPSA) is 134 Å². The van der Waals surface area contributed by atoms with Gasteiger partial charge < -0.3 is 27.1 Å². The molecule has 34 heavy (non-hydrogen) atoms. The van der Waals surface area contributed by atoms with Crippen molar-refractivity contribution >= 4 is 28.6 Å². The number of nitrogen functional groups attached to an aromatic ring is 2. The molecular formula is C26H32N8. The molecule has 0 spiro atoms. The number of para-hydroxylation sites is 1. The van der Waals surface area contributed by atoms with Gasteiger partial charge in [-0.2, -0.15) is 9.97 Å². The summed E-state index contributed by atoms with van der Waals surface area (Å²) >= 11 is 0. The molecule has 0 bridgehead atoms. The van der Waals surface area contributed by atoms with Crippen LogP contribution in [0.15, 0.2) is 48.5 Å². The van der Waals surface area contributed by atoms with Crippen LogP contribution in [-0.2, 0) is 13.0 Å². The second-order valence-electron chi connectivity index (χ2n) is 9.26. The normalized spacial score (nSPS) is 15.1. The second kappa shape index (κ2) is 9.30. The van der Waals surface area contributed by atoms with Crippen LogP contribution in [0.1, 0.15) is 50.0 Å². The molecule has 7 N–H and O–H groups in total. The van der Waals surface area contributed by atoms with E-state index in [1.54, 1.807) is 0 Å². The molecule has 5 rings (SSSR count). The summed E-state index contributed by atoms with van der Waals surface area (Å²) in [6.45, 7) is 2.60. The first-order valence-corrected chi connectivity index (χ1v) is 12.0. The lowest BCUT2D eigenvalue weighted by Gasteiger charge is -2.16. The molecule has 0 aliphatic heterocycles. The lowest BCUT2D eigenvalue weighted by Crippen LogP contribution is -2.21. The number of benzene rings is 2. The Morgan fingerprint density at radius 1 is 1.00 bits per heavy atom. The quantitative estimate of drug-likeness (QED) is 0.305. The minimum atomic E-state index is 0.0100. The van der Waals surface area contributed by atoms with Crippen molar-refractivity contribution in [3.05, 3.63) is 59.9 Å². The Morgan fingerprint density at radius 2 is 1.74 bits per heavy atom. The lowest BCUT2D eigenvalue weighted by molar-refractivity contribution is 0.499. The monoisotopic (exact) mass is 456 g/mol. The molecular weight excluding hydrogens is 424 g/mol. The van der Waals surface area contributed by atoms with Gasteiger partial charge in [-0.1, -0.05) is 55.3 Å². The molecule has 1 saturated carbocycles. The second-order valence-corrected chi connectivity index (χ2v) is 9.26. The van der Waals surface area contributed by atoms with Crippen molar-refractivity contribution in [3.63, 3.8) is 0 Å². The number of aromatic nitrogens is 4. The predicted molar refractivity (Wildman–Crippen MR) is 138 cm³/mol. The Hall–Kier alpha value is -3.65. The van der Waals surface area contributed by atoms with Crippen LogP contribution in [0.3, 0.4) is 0 Å². The molecule has 2 heterocycles. The van der Waals surface area contributed by atoms with Crippen LogP contribution in [0.2, 0.25) is 0 Å². The van der Waals surface area contributed by atoms with Gasteiger partial charge in [0.15, 0.2) is 17.0 Å². The standard InChI is InChI=1S/C26H32N8/c1-16(27)14-22-31-23-24(32-26(29)33-25(23)34(22)19-6-2-3-7-19)30-15-17-10-12-18(13-11-17)20-8-4-5-9-21(20)28/h4-5,8-13,16,19H,2-3,6-7,14-15,27-28H2,1H3,(H3,29,30,32,33). The Balaban J connectivity index is 1.43. The number of anilines is 3. The zero-order valence-corrected chi connectivity index (χ0v) is 19.5. The van der Waals surface area contributed by atoms with Gasteiger partial charge in [0.1, 0.15) is 5.82 Å². The van der Waals surface area contributed by atoms with Gasteiger partial charge in [-0.05, 0) is 37.0 Å². The minimum absolute atomic E-state index is 0.0100. The fourth-order valence-corrected chi connectivity index (χ4v) is 4.89. The first-order chi connectivity index (χ1) is 16.5. The van der Waals surface area contributed by atoms with E-state index in [9.17, 15) is 0 Å². The minimum Gasteiger partial charge on any atom is -0.398 e. The van der Waals surface area contributed by atoms with Crippen LogP contribution in [0.25, 0.3) is 22.3 Å². The third kappa shape index (κ3) is 4.41. The van der Waals surface area contributed by atoms with E-state index in [4.69, 9.17) is 22.2 Å². The molecule has 0 saturated heterocycles. The molecule has 176 valence electrons. The first-order valence-electron chi connectivity index (χ1n) is 12.0. The van der Waals surface area contributed by atoms with E-state index in [1.165, 1.54) is 12.8 Å². The maximum atomic E-state index is 6.14. The highest BCUT2D eigenvalue weighted by atomic mass is 15.2. The summed E-state index contributed by atoms with van der Waals surface area (Å²) in [7, 11) is 0. The number of imidazole rings is 1. The van der Waals surface area contributed by atoms with E-state index in [1.807, 2.05) is 31.2 Å². The number of hydrogen-bond acceptors (Lipinski definition) is 7. The lowest BCUT2D eigenvalue weighted by atomic mass is 10.0. The van der Waals surface area contributed by atoms with Gasteiger partial charge >= 0.3 is 0 Å². The highest BCUT2D eigenvalue weighted by Crippen LogP contribution is 2.35. The number of hydrogen-bond donors (Lipinski definition) is 4. The number of nitrogens with two attached hydrogens (primary N) is 3. The zero-order chi connectivity index (χ0) is 23.7. The van der Waals surface area contributed by atoms with Crippen LogP contribution < -0.4 is 22.5 Å². The Morgan fingerprint density at radius 3 is 2.44 bits per heavy atom. The maximum absolute atomic E-state index is 6.14. The predicted octanol–water partition coefficient (Wildman–Crippen LogP) is 4.27. The fourth-order valence-electron chi connectivity index (χ4n) is 4.89. The van der Waals surface area contributed by atoms with Gasteiger partial charge in [-0.3, -0.25) is 0 Å². The van der Waals surface area contributed by atoms with Gasteiger partial charge in [0.2, 0.25) is 5.95 Å². The third-order valence-electron chi connectivity index (χ3n) is 6.51. The first kappa shape index (κ1) is 22.2.